The van der Waals surface area contributed by atoms with Crippen molar-refractivity contribution in [2.24, 2.45) is 40.1 Å². The number of H-pyrrole nitrogens is 1. The van der Waals surface area contributed by atoms with Gasteiger partial charge >= 0.3 is 5.97 Å². The fourth-order valence-corrected chi connectivity index (χ4v) is 8.93. The Kier molecular flexibility index (Phi) is 13.0. The van der Waals surface area contributed by atoms with Gasteiger partial charge in [0.05, 0.1) is 6.04 Å². The summed E-state index contributed by atoms with van der Waals surface area (Å²) in [5, 5.41) is 39.3. The van der Waals surface area contributed by atoms with Gasteiger partial charge < -0.3 is 52.0 Å². The van der Waals surface area contributed by atoms with Crippen molar-refractivity contribution in [2.45, 2.75) is 94.5 Å². The van der Waals surface area contributed by atoms with E-state index in [0.29, 0.717) is 56.5 Å². The molecular formula is C42H53N6O6-. The van der Waals surface area contributed by atoms with E-state index in [1.807, 2.05) is 24.4 Å². The highest BCUT2D eigenvalue weighted by atomic mass is 16.5. The quantitative estimate of drug-likeness (QED) is 0.0384. The standard InChI is InChI=1S/C42H53N6O6/c43-32(10-4-26(24-50)5-12-39(51)52)11-9-27-7-8-29-20-31-19-28-6-3-25(14-17-49)18-30(28)21-33(31)41(27)34(29)22-37(47-38-2-1-15-45-38)35(23-40(53)54)36-13-16-46-42(44)48-36/h1-3,6-8,15,17-19,21,23-24,26-27,29,32,34,36-37,39,41,45,51-52H,4-5,9-14,16,20,22,43H2,(H,53,54)(H3,44,46,48)/q-1/b35-23+/t26-,27+,29+,32+,34-,36+,37+,41-/m0/s1. The lowest BCUT2D eigenvalue weighted by Gasteiger charge is -2.48. The minimum atomic E-state index is -1.43. The van der Waals surface area contributed by atoms with Gasteiger partial charge in [0, 0.05) is 31.0 Å². The summed E-state index contributed by atoms with van der Waals surface area (Å²) in [7, 11) is 0. The molecule has 0 saturated heterocycles. The second-order valence-electron chi connectivity index (χ2n) is 15.2. The van der Waals surface area contributed by atoms with Crippen molar-refractivity contribution in [1.82, 2.24) is 10.3 Å². The largest absolute Gasteiger partial charge is 0.478 e. The summed E-state index contributed by atoms with van der Waals surface area (Å²) >= 11 is 0. The molecule has 0 unspecified atom stereocenters. The van der Waals surface area contributed by atoms with Gasteiger partial charge in [-0.15, -0.1) is 0 Å². The summed E-state index contributed by atoms with van der Waals surface area (Å²) in [5.74, 6) is 0.219. The minimum absolute atomic E-state index is 0.0993. The number of allylic oxidation sites excluding steroid dienone is 2. The Hall–Kier alpha value is -4.78. The number of aliphatic imine (C=N–C) groups is 1. The molecule has 288 valence electrons. The zero-order chi connectivity index (χ0) is 38.2. The minimum Gasteiger partial charge on any atom is -0.478 e. The van der Waals surface area contributed by atoms with Gasteiger partial charge in [-0.05, 0) is 121 Å². The van der Waals surface area contributed by atoms with Crippen LogP contribution in [-0.2, 0) is 27.2 Å². The molecule has 0 spiro atoms. The van der Waals surface area contributed by atoms with E-state index in [9.17, 15) is 29.7 Å². The number of carbonyl (C=O) groups excluding carboxylic acids is 2. The zero-order valence-electron chi connectivity index (χ0n) is 30.6. The molecule has 0 fully saturated rings. The first-order valence-corrected chi connectivity index (χ1v) is 19.2. The number of aromatic amines is 1. The van der Waals surface area contributed by atoms with Crippen LogP contribution < -0.4 is 16.8 Å². The molecule has 54 heavy (non-hydrogen) atoms. The summed E-state index contributed by atoms with van der Waals surface area (Å²) in [6.45, 7) is 0.485. The lowest BCUT2D eigenvalue weighted by Crippen LogP contribution is -2.47. The van der Waals surface area contributed by atoms with Crippen molar-refractivity contribution >= 4 is 41.1 Å². The second-order valence-corrected chi connectivity index (χ2v) is 15.2. The third kappa shape index (κ3) is 9.65. The van der Waals surface area contributed by atoms with Gasteiger partial charge in [-0.25, -0.2) is 4.79 Å². The number of aldehydes is 2. The summed E-state index contributed by atoms with van der Waals surface area (Å²) < 4.78 is 0. The van der Waals surface area contributed by atoms with Crippen LogP contribution in [0.3, 0.4) is 0 Å². The highest BCUT2D eigenvalue weighted by Crippen LogP contribution is 2.53. The van der Waals surface area contributed by atoms with Gasteiger partial charge in [0.1, 0.15) is 12.6 Å². The number of hydrogen-bond donors (Lipinski definition) is 7. The van der Waals surface area contributed by atoms with Crippen LogP contribution in [0.15, 0.2) is 77.5 Å². The Labute approximate surface area is 316 Å². The first kappa shape index (κ1) is 38.9. The third-order valence-corrected chi connectivity index (χ3v) is 11.6. The molecule has 0 radical (unpaired) electrons. The molecule has 2 aromatic carbocycles. The molecule has 2 aliphatic carbocycles. The second kappa shape index (κ2) is 18.0. The number of rotatable bonds is 19. The van der Waals surface area contributed by atoms with E-state index in [4.69, 9.17) is 16.8 Å². The fourth-order valence-electron chi connectivity index (χ4n) is 8.93. The SMILES string of the molecule is NC1=NCC[C@H](/C(=C\C(=O)O)[C@@H](C[C@@H]2[C@@H]3c4cc5cc(CC=O)ccc5cc4C[C@H]2C=C[C@@H]3CC[C@H](N)CC[C@H](C=O)CCC(O)O)[N-]c2ccc[nH]2)N1. The third-order valence-electron chi connectivity index (χ3n) is 11.6. The van der Waals surface area contributed by atoms with Crippen molar-refractivity contribution in [3.05, 3.63) is 94.5 Å². The summed E-state index contributed by atoms with van der Waals surface area (Å²) in [4.78, 5) is 42.9. The lowest BCUT2D eigenvalue weighted by atomic mass is 9.58. The Bertz CT molecular complexity index is 1850. The molecule has 2 bridgehead atoms. The van der Waals surface area contributed by atoms with Crippen molar-refractivity contribution < 1.29 is 29.7 Å². The van der Waals surface area contributed by atoms with Crippen LogP contribution in [0.4, 0.5) is 5.82 Å². The molecule has 2 heterocycles. The topological polar surface area (TPSA) is 218 Å². The first-order valence-electron chi connectivity index (χ1n) is 19.2. The number of aliphatic hydroxyl groups excluding tert-OH is 1. The molecular weight excluding hydrogens is 684 g/mol. The highest BCUT2D eigenvalue weighted by Gasteiger charge is 2.43. The monoisotopic (exact) mass is 737 g/mol. The molecule has 9 N–H and O–H groups in total. The normalized spacial score (nSPS) is 23.9. The Morgan fingerprint density at radius 3 is 2.59 bits per heavy atom. The van der Waals surface area contributed by atoms with Crippen LogP contribution >= 0.6 is 0 Å². The van der Waals surface area contributed by atoms with Gasteiger partial charge in [0.25, 0.3) is 0 Å². The molecule has 6 rings (SSSR count). The molecule has 1 aromatic heterocycles. The van der Waals surface area contributed by atoms with Crippen LogP contribution in [0.5, 0.6) is 0 Å². The van der Waals surface area contributed by atoms with Gasteiger partial charge in [-0.3, -0.25) is 4.99 Å². The maximum Gasteiger partial charge on any atom is 0.328 e. The van der Waals surface area contributed by atoms with Gasteiger partial charge in [0.2, 0.25) is 0 Å². The number of aromatic nitrogens is 1. The van der Waals surface area contributed by atoms with Crippen LogP contribution in [-0.4, -0.2) is 75.8 Å². The smallest absolute Gasteiger partial charge is 0.328 e. The Balaban J connectivity index is 1.33. The van der Waals surface area contributed by atoms with Crippen molar-refractivity contribution in [1.29, 1.82) is 0 Å². The van der Waals surface area contributed by atoms with Crippen molar-refractivity contribution in [3.63, 3.8) is 0 Å². The van der Waals surface area contributed by atoms with E-state index in [1.54, 1.807) is 0 Å². The van der Waals surface area contributed by atoms with E-state index in [-0.39, 0.29) is 54.1 Å². The maximum atomic E-state index is 12.4. The number of fused-ring (bicyclic) bond motifs is 5. The summed E-state index contributed by atoms with van der Waals surface area (Å²) in [6.07, 6.45) is 13.9. The molecule has 8 atom stereocenters. The number of benzene rings is 2. The van der Waals surface area contributed by atoms with Crippen LogP contribution in [0.2, 0.25) is 0 Å². The number of guanidine groups is 1. The van der Waals surface area contributed by atoms with Crippen LogP contribution in [0, 0.1) is 23.7 Å². The van der Waals surface area contributed by atoms with Crippen LogP contribution in [0.25, 0.3) is 16.1 Å². The number of carboxylic acid groups (broad SMARTS) is 1. The molecule has 1 aliphatic heterocycles. The number of carboxylic acids is 1. The molecule has 0 amide bonds. The number of hydrogen-bond acceptors (Lipinski definition) is 9. The van der Waals surface area contributed by atoms with E-state index < -0.39 is 18.3 Å². The van der Waals surface area contributed by atoms with E-state index >= 15 is 0 Å². The Morgan fingerprint density at radius 2 is 1.87 bits per heavy atom. The predicted octanol–water partition coefficient (Wildman–Crippen LogP) is 4.91. The van der Waals surface area contributed by atoms with Gasteiger partial charge in [-0.2, -0.15) is 0 Å². The lowest BCUT2D eigenvalue weighted by molar-refractivity contribution is -0.131. The number of nitrogens with two attached hydrogens (primary N) is 2. The van der Waals surface area contributed by atoms with E-state index in [1.165, 1.54) is 17.2 Å². The van der Waals surface area contributed by atoms with Crippen molar-refractivity contribution in [3.8, 4) is 0 Å². The first-order chi connectivity index (χ1) is 26.1. The highest BCUT2D eigenvalue weighted by molar-refractivity contribution is 5.86. The maximum absolute atomic E-state index is 12.4. The summed E-state index contributed by atoms with van der Waals surface area (Å²) in [6, 6.07) is 13.6. The van der Waals surface area contributed by atoms with E-state index in [0.717, 1.165) is 48.2 Å². The predicted molar refractivity (Wildman–Crippen MR) is 209 cm³/mol. The number of carbonyl (C=O) groups is 3. The van der Waals surface area contributed by atoms with Crippen molar-refractivity contribution in [2.75, 3.05) is 6.54 Å². The molecule has 3 aliphatic rings. The zero-order valence-corrected chi connectivity index (χ0v) is 30.6. The van der Waals surface area contributed by atoms with Gasteiger partial charge in [-0.1, -0.05) is 66.6 Å². The molecule has 12 nitrogen and oxygen atoms in total. The average molecular weight is 738 g/mol. The number of aliphatic hydroxyl groups is 2. The molecule has 12 heteroatoms. The average Bonchev–Trinajstić information content (AvgIpc) is 3.66. The van der Waals surface area contributed by atoms with Gasteiger partial charge in [0.15, 0.2) is 12.2 Å². The number of aliphatic carboxylic acids is 1. The van der Waals surface area contributed by atoms with E-state index in [2.05, 4.69) is 51.7 Å². The summed E-state index contributed by atoms with van der Waals surface area (Å²) in [5.41, 5.74) is 17.0. The molecule has 0 saturated carbocycles. The number of nitrogens with zero attached hydrogens (tertiary/aromatic N) is 2. The Morgan fingerprint density at radius 1 is 1.04 bits per heavy atom. The fraction of sp³-hybridized carbons (Fsp3) is 0.476. The number of nitrogens with one attached hydrogen (secondary N) is 2. The molecule has 3 aromatic rings. The van der Waals surface area contributed by atoms with Crippen LogP contribution in [0.1, 0.15) is 74.0 Å².